The lowest BCUT2D eigenvalue weighted by molar-refractivity contribution is -0.136. The summed E-state index contributed by atoms with van der Waals surface area (Å²) in [7, 11) is 0. The fraction of sp³-hybridized carbons (Fsp3) is 0.375. The van der Waals surface area contributed by atoms with Crippen LogP contribution in [-0.2, 0) is 4.74 Å². The van der Waals surface area contributed by atoms with Crippen molar-refractivity contribution < 1.29 is 14.6 Å². The van der Waals surface area contributed by atoms with E-state index in [-0.39, 0.29) is 5.69 Å². The highest BCUT2D eigenvalue weighted by atomic mass is 16.7. The molecule has 0 unspecified atom stereocenters. The van der Waals surface area contributed by atoms with E-state index < -0.39 is 11.8 Å². The van der Waals surface area contributed by atoms with Crippen molar-refractivity contribution in [3.63, 3.8) is 0 Å². The second-order valence-corrected chi connectivity index (χ2v) is 2.93. The number of esters is 1. The van der Waals surface area contributed by atoms with Crippen molar-refractivity contribution in [2.75, 3.05) is 0 Å². The lowest BCUT2D eigenvalue weighted by Crippen LogP contribution is -2.27. The molecule has 1 N–H and O–H groups in total. The Morgan fingerprint density at radius 3 is 2.77 bits per heavy atom. The van der Waals surface area contributed by atoms with Crippen LogP contribution in [0.15, 0.2) is 18.6 Å². The molecule has 5 nitrogen and oxygen atoms in total. The van der Waals surface area contributed by atoms with E-state index in [9.17, 15) is 4.79 Å². The van der Waals surface area contributed by atoms with Crippen molar-refractivity contribution in [1.82, 2.24) is 9.97 Å². The zero-order chi connectivity index (χ0) is 9.90. The van der Waals surface area contributed by atoms with Gasteiger partial charge in [-0.3, -0.25) is 0 Å². The molecule has 13 heavy (non-hydrogen) atoms. The Morgan fingerprint density at radius 1 is 1.62 bits per heavy atom. The van der Waals surface area contributed by atoms with E-state index in [1.165, 1.54) is 32.4 Å². The Balaban J connectivity index is 2.71. The van der Waals surface area contributed by atoms with Crippen LogP contribution in [0.3, 0.4) is 0 Å². The number of aromatic nitrogens is 2. The van der Waals surface area contributed by atoms with Gasteiger partial charge in [-0.05, 0) is 6.07 Å². The summed E-state index contributed by atoms with van der Waals surface area (Å²) < 4.78 is 4.65. The average Bonchev–Trinajstić information content (AvgIpc) is 2.03. The summed E-state index contributed by atoms with van der Waals surface area (Å²) in [6.07, 6.45) is 2.66. The minimum Gasteiger partial charge on any atom is -0.429 e. The summed E-state index contributed by atoms with van der Waals surface area (Å²) >= 11 is 0. The van der Waals surface area contributed by atoms with Gasteiger partial charge in [0.05, 0.1) is 0 Å². The van der Waals surface area contributed by atoms with Crippen LogP contribution in [0.5, 0.6) is 0 Å². The van der Waals surface area contributed by atoms with E-state index in [1.807, 2.05) is 0 Å². The minimum atomic E-state index is -1.48. The fourth-order valence-corrected chi connectivity index (χ4v) is 0.691. The number of nitrogens with zero attached hydrogens (tertiary/aromatic N) is 2. The molecule has 0 saturated carbocycles. The maximum Gasteiger partial charge on any atom is 0.359 e. The lowest BCUT2D eigenvalue weighted by Gasteiger charge is -2.17. The fourth-order valence-electron chi connectivity index (χ4n) is 0.691. The molecule has 0 radical (unpaired) electrons. The second-order valence-electron chi connectivity index (χ2n) is 2.93. The second kappa shape index (κ2) is 3.49. The van der Waals surface area contributed by atoms with Gasteiger partial charge in [0.15, 0.2) is 5.69 Å². The molecule has 0 aliphatic rings. The lowest BCUT2D eigenvalue weighted by atomic mass is 10.3. The number of carbonyl (C=O) groups excluding carboxylic acids is 1. The van der Waals surface area contributed by atoms with Crippen molar-refractivity contribution >= 4 is 5.97 Å². The first-order valence-corrected chi connectivity index (χ1v) is 3.71. The molecule has 0 saturated heterocycles. The molecule has 70 valence electrons. The van der Waals surface area contributed by atoms with Gasteiger partial charge in [0.25, 0.3) is 0 Å². The summed E-state index contributed by atoms with van der Waals surface area (Å²) in [5.74, 6) is -2.16. The van der Waals surface area contributed by atoms with Crippen LogP contribution in [-0.4, -0.2) is 26.8 Å². The number of carbonyl (C=O) groups is 1. The van der Waals surface area contributed by atoms with Gasteiger partial charge < -0.3 is 9.84 Å². The molecule has 5 heteroatoms. The van der Waals surface area contributed by atoms with Crippen molar-refractivity contribution in [2.24, 2.45) is 0 Å². The molecular weight excluding hydrogens is 172 g/mol. The molecule has 1 rings (SSSR count). The number of hydrogen-bond donors (Lipinski definition) is 1. The Morgan fingerprint density at radius 2 is 2.31 bits per heavy atom. The van der Waals surface area contributed by atoms with Crippen LogP contribution in [0, 0.1) is 0 Å². The van der Waals surface area contributed by atoms with Crippen LogP contribution >= 0.6 is 0 Å². The molecular formula is C8H10N2O3. The highest BCUT2D eigenvalue weighted by Gasteiger charge is 2.20. The third kappa shape index (κ3) is 3.16. The number of rotatable bonds is 2. The largest absolute Gasteiger partial charge is 0.429 e. The van der Waals surface area contributed by atoms with E-state index in [1.54, 1.807) is 0 Å². The van der Waals surface area contributed by atoms with Crippen LogP contribution in [0.1, 0.15) is 24.3 Å². The molecule has 1 aromatic heterocycles. The Bertz CT molecular complexity index is 292. The molecule has 0 fully saturated rings. The number of ether oxygens (including phenoxy) is 1. The van der Waals surface area contributed by atoms with Gasteiger partial charge in [-0.25, -0.2) is 14.8 Å². The van der Waals surface area contributed by atoms with Crippen LogP contribution in [0.4, 0.5) is 0 Å². The molecule has 0 atom stereocenters. The molecule has 0 aliphatic heterocycles. The Hall–Kier alpha value is -1.49. The Kier molecular flexibility index (Phi) is 2.57. The molecule has 0 aromatic carbocycles. The molecule has 1 heterocycles. The van der Waals surface area contributed by atoms with Gasteiger partial charge >= 0.3 is 5.97 Å². The zero-order valence-electron chi connectivity index (χ0n) is 7.39. The van der Waals surface area contributed by atoms with Crippen LogP contribution in [0.25, 0.3) is 0 Å². The van der Waals surface area contributed by atoms with Gasteiger partial charge in [-0.15, -0.1) is 0 Å². The maximum absolute atomic E-state index is 11.2. The van der Waals surface area contributed by atoms with Gasteiger partial charge in [0.2, 0.25) is 5.79 Å². The van der Waals surface area contributed by atoms with Crippen molar-refractivity contribution in [3.05, 3.63) is 24.3 Å². The van der Waals surface area contributed by atoms with E-state index in [2.05, 4.69) is 14.7 Å². The monoisotopic (exact) mass is 182 g/mol. The molecule has 0 aliphatic carbocycles. The van der Waals surface area contributed by atoms with Gasteiger partial charge in [0.1, 0.15) is 6.33 Å². The van der Waals surface area contributed by atoms with Crippen molar-refractivity contribution in [3.8, 4) is 0 Å². The summed E-state index contributed by atoms with van der Waals surface area (Å²) in [4.78, 5) is 18.5. The Labute approximate surface area is 75.4 Å². The SMILES string of the molecule is CC(C)(O)OC(=O)c1ccncn1. The highest BCUT2D eigenvalue weighted by Crippen LogP contribution is 2.06. The normalized spacial score (nSPS) is 11.0. The first-order valence-electron chi connectivity index (χ1n) is 3.71. The quantitative estimate of drug-likeness (QED) is 0.528. The topological polar surface area (TPSA) is 72.3 Å². The molecule has 0 bridgehead atoms. The zero-order valence-corrected chi connectivity index (χ0v) is 7.39. The predicted octanol–water partition coefficient (Wildman–Crippen LogP) is 0.362. The predicted molar refractivity (Wildman–Crippen MR) is 43.7 cm³/mol. The third-order valence-electron chi connectivity index (χ3n) is 1.13. The molecule has 1 aromatic rings. The number of hydrogen-bond acceptors (Lipinski definition) is 5. The molecule has 0 spiro atoms. The van der Waals surface area contributed by atoms with E-state index in [0.29, 0.717) is 0 Å². The van der Waals surface area contributed by atoms with E-state index >= 15 is 0 Å². The third-order valence-corrected chi connectivity index (χ3v) is 1.13. The highest BCUT2D eigenvalue weighted by molar-refractivity contribution is 5.87. The maximum atomic E-state index is 11.2. The summed E-state index contributed by atoms with van der Waals surface area (Å²) in [5.41, 5.74) is 0.122. The summed E-state index contributed by atoms with van der Waals surface area (Å²) in [6.45, 7) is 2.73. The molecule has 0 amide bonds. The van der Waals surface area contributed by atoms with Crippen molar-refractivity contribution in [2.45, 2.75) is 19.6 Å². The summed E-state index contributed by atoms with van der Waals surface area (Å²) in [5, 5.41) is 9.16. The van der Waals surface area contributed by atoms with Gasteiger partial charge in [-0.2, -0.15) is 0 Å². The van der Waals surface area contributed by atoms with Crippen LogP contribution in [0.2, 0.25) is 0 Å². The average molecular weight is 182 g/mol. The first-order chi connectivity index (χ1) is 5.99. The summed E-state index contributed by atoms with van der Waals surface area (Å²) in [6, 6.07) is 1.41. The van der Waals surface area contributed by atoms with Gasteiger partial charge in [-0.1, -0.05) is 0 Å². The number of aliphatic hydroxyl groups is 1. The van der Waals surface area contributed by atoms with Crippen LogP contribution < -0.4 is 0 Å². The van der Waals surface area contributed by atoms with Gasteiger partial charge in [0, 0.05) is 20.0 Å². The van der Waals surface area contributed by atoms with E-state index in [4.69, 9.17) is 5.11 Å². The smallest absolute Gasteiger partial charge is 0.359 e. The first kappa shape index (κ1) is 9.60. The standard InChI is InChI=1S/C8H10N2O3/c1-8(2,12)13-7(11)6-3-4-9-5-10-6/h3-5,12H,1-2H3. The minimum absolute atomic E-state index is 0.122. The van der Waals surface area contributed by atoms with E-state index in [0.717, 1.165) is 0 Å². The van der Waals surface area contributed by atoms with Crippen molar-refractivity contribution in [1.29, 1.82) is 0 Å².